The molecule has 0 aromatic heterocycles. The smallest absolute Gasteiger partial charge is 0.333 e. The van der Waals surface area contributed by atoms with Crippen LogP contribution in [0.4, 0.5) is 0 Å². The summed E-state index contributed by atoms with van der Waals surface area (Å²) in [6.07, 6.45) is 2.35. The summed E-state index contributed by atoms with van der Waals surface area (Å²) in [6.45, 7) is 3.40. The molecule has 0 amide bonds. The highest BCUT2D eigenvalue weighted by Crippen LogP contribution is 1.99. The largest absolute Gasteiger partial charge is 0.342 e. The Hall–Kier alpha value is -1.37. The van der Waals surface area contributed by atoms with Gasteiger partial charge in [-0.3, -0.25) is 0 Å². The maximum absolute atomic E-state index is 11.1. The molecule has 0 radical (unpaired) electrons. The first-order valence-corrected chi connectivity index (χ1v) is 4.54. The van der Waals surface area contributed by atoms with Crippen molar-refractivity contribution in [2.45, 2.75) is 26.2 Å². The molecule has 4 nitrogen and oxygen atoms in total. The zero-order valence-corrected chi connectivity index (χ0v) is 7.80. The highest BCUT2D eigenvalue weighted by Gasteiger charge is 2.09. The Labute approximate surface area is 78.2 Å². The van der Waals surface area contributed by atoms with Crippen LogP contribution in [0.25, 0.3) is 0 Å². The number of nitrogens with one attached hydrogen (secondary N) is 1. The number of carbonyl (C=O) groups excluding carboxylic acids is 1. The van der Waals surface area contributed by atoms with Crippen molar-refractivity contribution in [2.24, 2.45) is 0 Å². The van der Waals surface area contributed by atoms with Gasteiger partial charge in [-0.25, -0.2) is 4.79 Å². The topological polar surface area (TPSA) is 41.6 Å². The van der Waals surface area contributed by atoms with E-state index in [0.717, 1.165) is 19.4 Å². The maximum Gasteiger partial charge on any atom is 0.333 e. The molecule has 13 heavy (non-hydrogen) atoms. The normalized spacial score (nSPS) is 14.1. The summed E-state index contributed by atoms with van der Waals surface area (Å²) >= 11 is 0. The minimum Gasteiger partial charge on any atom is -0.342 e. The quantitative estimate of drug-likeness (QED) is 0.641. The SMILES string of the molecule is CCCCC(=O)ON1C#CNCC1. The fourth-order valence-corrected chi connectivity index (χ4v) is 0.936. The third-order valence-corrected chi connectivity index (χ3v) is 1.66. The lowest BCUT2D eigenvalue weighted by Crippen LogP contribution is -2.33. The molecule has 0 bridgehead atoms. The van der Waals surface area contributed by atoms with Gasteiger partial charge in [0.2, 0.25) is 0 Å². The highest BCUT2D eigenvalue weighted by atomic mass is 16.7. The zero-order chi connectivity index (χ0) is 9.52. The lowest BCUT2D eigenvalue weighted by atomic mass is 10.3. The molecule has 0 atom stereocenters. The van der Waals surface area contributed by atoms with Crippen LogP contribution in [0.5, 0.6) is 0 Å². The van der Waals surface area contributed by atoms with E-state index in [1.54, 1.807) is 0 Å². The van der Waals surface area contributed by atoms with Gasteiger partial charge in [0.25, 0.3) is 0 Å². The molecule has 72 valence electrons. The van der Waals surface area contributed by atoms with Gasteiger partial charge in [0.05, 0.1) is 12.6 Å². The van der Waals surface area contributed by atoms with Crippen molar-refractivity contribution < 1.29 is 9.63 Å². The van der Waals surface area contributed by atoms with E-state index in [9.17, 15) is 4.79 Å². The van der Waals surface area contributed by atoms with Gasteiger partial charge in [-0.15, -0.1) is 0 Å². The summed E-state index contributed by atoms with van der Waals surface area (Å²) < 4.78 is 0. The van der Waals surface area contributed by atoms with Crippen LogP contribution in [0.2, 0.25) is 0 Å². The van der Waals surface area contributed by atoms with Crippen LogP contribution < -0.4 is 5.32 Å². The van der Waals surface area contributed by atoms with E-state index in [1.165, 1.54) is 5.06 Å². The minimum absolute atomic E-state index is 0.196. The van der Waals surface area contributed by atoms with Crippen LogP contribution in [0.1, 0.15) is 26.2 Å². The van der Waals surface area contributed by atoms with E-state index in [0.29, 0.717) is 13.0 Å². The average molecular weight is 182 g/mol. The van der Waals surface area contributed by atoms with Crippen molar-refractivity contribution in [1.82, 2.24) is 10.4 Å². The first-order valence-electron chi connectivity index (χ1n) is 4.54. The molecule has 1 rings (SSSR count). The van der Waals surface area contributed by atoms with Crippen LogP contribution in [0, 0.1) is 12.1 Å². The predicted octanol–water partition coefficient (Wildman–Crippen LogP) is 0.458. The van der Waals surface area contributed by atoms with Gasteiger partial charge in [-0.1, -0.05) is 13.3 Å². The van der Waals surface area contributed by atoms with Gasteiger partial charge in [0.1, 0.15) is 0 Å². The molecule has 1 heterocycles. The number of unbranched alkanes of at least 4 members (excludes halogenated alkanes) is 1. The molecule has 0 saturated carbocycles. The number of hydrogen-bond donors (Lipinski definition) is 1. The first kappa shape index (κ1) is 9.72. The zero-order valence-electron chi connectivity index (χ0n) is 7.80. The summed E-state index contributed by atoms with van der Waals surface area (Å²) in [7, 11) is 0. The predicted molar refractivity (Wildman–Crippen MR) is 48.1 cm³/mol. The van der Waals surface area contributed by atoms with Crippen molar-refractivity contribution in [3.8, 4) is 12.1 Å². The summed E-state index contributed by atoms with van der Waals surface area (Å²) in [5.41, 5.74) is 0. The Bertz CT molecular complexity index is 230. The molecule has 1 N–H and O–H groups in total. The van der Waals surface area contributed by atoms with Crippen molar-refractivity contribution in [3.05, 3.63) is 0 Å². The number of rotatable bonds is 4. The summed E-state index contributed by atoms with van der Waals surface area (Å²) in [5, 5.41) is 4.22. The molecule has 0 fully saturated rings. The van der Waals surface area contributed by atoms with E-state index in [-0.39, 0.29) is 5.97 Å². The van der Waals surface area contributed by atoms with Gasteiger partial charge >= 0.3 is 5.97 Å². The summed E-state index contributed by atoms with van der Waals surface area (Å²) in [4.78, 5) is 16.1. The van der Waals surface area contributed by atoms with E-state index in [4.69, 9.17) is 4.84 Å². The molecular weight excluding hydrogens is 168 g/mol. The third-order valence-electron chi connectivity index (χ3n) is 1.66. The van der Waals surface area contributed by atoms with Gasteiger partial charge in [0.15, 0.2) is 0 Å². The number of carbonyl (C=O) groups is 1. The van der Waals surface area contributed by atoms with Gasteiger partial charge < -0.3 is 10.2 Å². The van der Waals surface area contributed by atoms with Crippen molar-refractivity contribution >= 4 is 5.97 Å². The number of hydrogen-bond acceptors (Lipinski definition) is 4. The van der Waals surface area contributed by atoms with Crippen LogP contribution in [-0.4, -0.2) is 24.1 Å². The Morgan fingerprint density at radius 1 is 1.69 bits per heavy atom. The van der Waals surface area contributed by atoms with Gasteiger partial charge in [0, 0.05) is 19.0 Å². The number of nitrogens with zero attached hydrogens (tertiary/aromatic N) is 1. The van der Waals surface area contributed by atoms with Crippen LogP contribution in [0.3, 0.4) is 0 Å². The van der Waals surface area contributed by atoms with Crippen LogP contribution >= 0.6 is 0 Å². The second-order valence-corrected chi connectivity index (χ2v) is 2.83. The van der Waals surface area contributed by atoms with E-state index < -0.39 is 0 Å². The Morgan fingerprint density at radius 3 is 3.15 bits per heavy atom. The molecule has 0 unspecified atom stereocenters. The molecule has 0 aromatic carbocycles. The lowest BCUT2D eigenvalue weighted by Gasteiger charge is -2.18. The summed E-state index contributed by atoms with van der Waals surface area (Å²) in [6, 6.07) is 5.30. The molecule has 1 aliphatic heterocycles. The monoisotopic (exact) mass is 182 g/mol. The second-order valence-electron chi connectivity index (χ2n) is 2.83. The summed E-state index contributed by atoms with van der Waals surface area (Å²) in [5.74, 6) is -0.196. The molecule has 0 saturated heterocycles. The maximum atomic E-state index is 11.1. The van der Waals surface area contributed by atoms with Crippen LogP contribution in [0.15, 0.2) is 0 Å². The number of hydroxylamine groups is 2. The van der Waals surface area contributed by atoms with E-state index >= 15 is 0 Å². The highest BCUT2D eigenvalue weighted by molar-refractivity contribution is 5.69. The molecule has 4 heteroatoms. The molecule has 1 aliphatic rings. The standard InChI is InChI=1S/C9H14N2O2/c1-2-3-4-9(12)13-11-7-5-10-6-8-11/h10H,2-5,7H2,1H3. The van der Waals surface area contributed by atoms with Gasteiger partial charge in [-0.2, -0.15) is 5.06 Å². The van der Waals surface area contributed by atoms with Crippen molar-refractivity contribution in [2.75, 3.05) is 13.1 Å². The Kier molecular flexibility index (Phi) is 3.97. The van der Waals surface area contributed by atoms with Crippen molar-refractivity contribution in [1.29, 1.82) is 0 Å². The molecule has 0 aromatic rings. The Morgan fingerprint density at radius 2 is 2.54 bits per heavy atom. The average Bonchev–Trinajstić information content (AvgIpc) is 2.16. The first-order chi connectivity index (χ1) is 6.33. The second kappa shape index (κ2) is 5.31. The molecule has 0 spiro atoms. The third kappa shape index (κ3) is 3.70. The fourth-order valence-electron chi connectivity index (χ4n) is 0.936. The van der Waals surface area contributed by atoms with E-state index in [1.807, 2.05) is 6.92 Å². The molecule has 0 aliphatic carbocycles. The van der Waals surface area contributed by atoms with Crippen LogP contribution in [-0.2, 0) is 9.63 Å². The fraction of sp³-hybridized carbons (Fsp3) is 0.667. The van der Waals surface area contributed by atoms with E-state index in [2.05, 4.69) is 17.4 Å². The Balaban J connectivity index is 2.21. The van der Waals surface area contributed by atoms with Crippen molar-refractivity contribution in [3.63, 3.8) is 0 Å². The lowest BCUT2D eigenvalue weighted by molar-refractivity contribution is -0.175. The van der Waals surface area contributed by atoms with Gasteiger partial charge in [-0.05, 0) is 6.42 Å². The molecular formula is C9H14N2O2. The minimum atomic E-state index is -0.196.